The fourth-order valence-electron chi connectivity index (χ4n) is 1.23. The highest BCUT2D eigenvalue weighted by Crippen LogP contribution is 2.28. The van der Waals surface area contributed by atoms with Gasteiger partial charge in [0.05, 0.1) is 12.8 Å². The number of methoxy groups -OCH3 is 1. The number of esters is 1. The number of carbonyl (C=O) groups excluding carboxylic acids is 2. The van der Waals surface area contributed by atoms with Gasteiger partial charge in [0.25, 0.3) is 0 Å². The molecule has 1 aromatic rings. The van der Waals surface area contributed by atoms with E-state index in [4.69, 9.17) is 6.42 Å². The Kier molecular flexibility index (Phi) is 4.73. The molecule has 17 heavy (non-hydrogen) atoms. The average molecular weight is 251 g/mol. The molecule has 0 spiro atoms. The van der Waals surface area contributed by atoms with Crippen LogP contribution < -0.4 is 5.32 Å². The zero-order valence-corrected chi connectivity index (χ0v) is 10.5. The van der Waals surface area contributed by atoms with E-state index in [0.717, 1.165) is 5.56 Å². The van der Waals surface area contributed by atoms with E-state index >= 15 is 0 Å². The molecule has 4 nitrogen and oxygen atoms in total. The number of ether oxygens (including phenoxy) is 1. The van der Waals surface area contributed by atoms with Crippen LogP contribution in [0.4, 0.5) is 5.69 Å². The first kappa shape index (κ1) is 13.3. The fourth-order valence-corrected chi connectivity index (χ4v) is 2.15. The zero-order valence-electron chi connectivity index (χ0n) is 9.70. The smallest absolute Gasteiger partial charge is 0.350 e. The summed E-state index contributed by atoms with van der Waals surface area (Å²) >= 11 is 1.25. The highest BCUT2D eigenvalue weighted by Gasteiger charge is 2.18. The van der Waals surface area contributed by atoms with Crippen molar-refractivity contribution >= 4 is 28.9 Å². The van der Waals surface area contributed by atoms with Gasteiger partial charge < -0.3 is 10.1 Å². The van der Waals surface area contributed by atoms with Crippen molar-refractivity contribution in [2.24, 2.45) is 0 Å². The minimum Gasteiger partial charge on any atom is -0.465 e. The van der Waals surface area contributed by atoms with E-state index < -0.39 is 5.97 Å². The molecule has 0 saturated heterocycles. The number of thiophene rings is 1. The van der Waals surface area contributed by atoms with Crippen LogP contribution in [-0.4, -0.2) is 19.0 Å². The molecule has 1 amide bonds. The molecular formula is C12H13NO3S. The third kappa shape index (κ3) is 3.33. The number of aryl methyl sites for hydroxylation is 1. The summed E-state index contributed by atoms with van der Waals surface area (Å²) < 4.78 is 4.64. The zero-order chi connectivity index (χ0) is 12.8. The van der Waals surface area contributed by atoms with Gasteiger partial charge in [-0.05, 0) is 17.9 Å². The minimum atomic E-state index is -0.449. The van der Waals surface area contributed by atoms with Gasteiger partial charge in [-0.1, -0.05) is 0 Å². The third-order valence-corrected chi connectivity index (χ3v) is 3.18. The topological polar surface area (TPSA) is 55.4 Å². The molecule has 0 aliphatic carbocycles. The van der Waals surface area contributed by atoms with Crippen molar-refractivity contribution in [1.82, 2.24) is 0 Å². The van der Waals surface area contributed by atoms with Crippen LogP contribution in [0.2, 0.25) is 0 Å². The second kappa shape index (κ2) is 6.06. The van der Waals surface area contributed by atoms with Gasteiger partial charge in [-0.25, -0.2) is 4.79 Å². The molecule has 0 fully saturated rings. The summed E-state index contributed by atoms with van der Waals surface area (Å²) in [6, 6.07) is 0. The molecule has 0 aliphatic heterocycles. The van der Waals surface area contributed by atoms with E-state index in [1.807, 2.05) is 6.92 Å². The summed E-state index contributed by atoms with van der Waals surface area (Å²) in [5, 5.41) is 4.48. The summed E-state index contributed by atoms with van der Waals surface area (Å²) in [6.07, 6.45) is 5.70. The molecule has 0 bridgehead atoms. The highest BCUT2D eigenvalue weighted by atomic mass is 32.1. The maximum absolute atomic E-state index is 11.5. The lowest BCUT2D eigenvalue weighted by Crippen LogP contribution is -2.14. The average Bonchev–Trinajstić information content (AvgIpc) is 2.67. The SMILES string of the molecule is C#CCCC(=O)Nc1c(C)csc1C(=O)OC. The monoisotopic (exact) mass is 251 g/mol. The predicted octanol–water partition coefficient (Wildman–Crippen LogP) is 2.20. The van der Waals surface area contributed by atoms with Gasteiger partial charge >= 0.3 is 5.97 Å². The largest absolute Gasteiger partial charge is 0.465 e. The molecular weight excluding hydrogens is 238 g/mol. The van der Waals surface area contributed by atoms with E-state index in [0.29, 0.717) is 17.0 Å². The lowest BCUT2D eigenvalue weighted by molar-refractivity contribution is -0.116. The number of amides is 1. The maximum atomic E-state index is 11.5. The Balaban J connectivity index is 2.83. The molecule has 1 N–H and O–H groups in total. The van der Waals surface area contributed by atoms with Gasteiger partial charge in [-0.15, -0.1) is 23.7 Å². The number of hydrogen-bond donors (Lipinski definition) is 1. The van der Waals surface area contributed by atoms with Crippen LogP contribution in [0.5, 0.6) is 0 Å². The van der Waals surface area contributed by atoms with E-state index in [-0.39, 0.29) is 12.3 Å². The molecule has 0 unspecified atom stereocenters. The van der Waals surface area contributed by atoms with Crippen molar-refractivity contribution in [3.05, 3.63) is 15.8 Å². The predicted molar refractivity (Wildman–Crippen MR) is 67.1 cm³/mol. The Morgan fingerprint density at radius 2 is 2.29 bits per heavy atom. The van der Waals surface area contributed by atoms with Crippen molar-refractivity contribution in [3.63, 3.8) is 0 Å². The summed E-state index contributed by atoms with van der Waals surface area (Å²) in [5.41, 5.74) is 1.35. The Morgan fingerprint density at radius 3 is 2.88 bits per heavy atom. The van der Waals surface area contributed by atoms with Crippen LogP contribution in [0, 0.1) is 19.3 Å². The summed E-state index contributed by atoms with van der Waals surface area (Å²) in [7, 11) is 1.31. The van der Waals surface area contributed by atoms with E-state index in [1.54, 1.807) is 5.38 Å². The maximum Gasteiger partial charge on any atom is 0.350 e. The first-order chi connectivity index (χ1) is 8.10. The van der Waals surface area contributed by atoms with Crippen molar-refractivity contribution in [1.29, 1.82) is 0 Å². The quantitative estimate of drug-likeness (QED) is 0.659. The first-order valence-corrected chi connectivity index (χ1v) is 5.87. The van der Waals surface area contributed by atoms with Crippen molar-refractivity contribution in [2.75, 3.05) is 12.4 Å². The third-order valence-electron chi connectivity index (χ3n) is 2.11. The number of nitrogens with one attached hydrogen (secondary N) is 1. The second-order valence-corrected chi connectivity index (χ2v) is 4.25. The van der Waals surface area contributed by atoms with Gasteiger partial charge in [0.2, 0.25) is 5.91 Å². The molecule has 0 aromatic carbocycles. The fraction of sp³-hybridized carbons (Fsp3) is 0.333. The molecule has 90 valence electrons. The second-order valence-electron chi connectivity index (χ2n) is 3.37. The number of terminal acetylenes is 1. The molecule has 1 aromatic heterocycles. The normalized spacial score (nSPS) is 9.47. The number of hydrogen-bond acceptors (Lipinski definition) is 4. The van der Waals surface area contributed by atoms with Gasteiger partial charge in [-0.3, -0.25) is 4.79 Å². The minimum absolute atomic E-state index is 0.199. The number of rotatable bonds is 4. The van der Waals surface area contributed by atoms with Gasteiger partial charge in [0, 0.05) is 12.8 Å². The Morgan fingerprint density at radius 1 is 1.59 bits per heavy atom. The van der Waals surface area contributed by atoms with E-state index in [1.165, 1.54) is 18.4 Å². The molecule has 0 atom stereocenters. The lowest BCUT2D eigenvalue weighted by Gasteiger charge is -2.06. The Bertz CT molecular complexity index is 471. The number of carbonyl (C=O) groups is 2. The van der Waals surface area contributed by atoms with E-state index in [9.17, 15) is 9.59 Å². The van der Waals surface area contributed by atoms with E-state index in [2.05, 4.69) is 16.0 Å². The molecule has 1 heterocycles. The molecule has 0 radical (unpaired) electrons. The van der Waals surface area contributed by atoms with Crippen molar-refractivity contribution in [2.45, 2.75) is 19.8 Å². The highest BCUT2D eigenvalue weighted by molar-refractivity contribution is 7.12. The molecule has 0 saturated carbocycles. The van der Waals surface area contributed by atoms with Crippen LogP contribution in [0.3, 0.4) is 0 Å². The Labute approximate surface area is 104 Å². The van der Waals surface area contributed by atoms with Gasteiger partial charge in [0.15, 0.2) is 0 Å². The van der Waals surface area contributed by atoms with Crippen molar-refractivity contribution in [3.8, 4) is 12.3 Å². The molecule has 5 heteroatoms. The number of anilines is 1. The molecule has 0 aliphatic rings. The molecule has 1 rings (SSSR count). The standard InChI is InChI=1S/C12H13NO3S/c1-4-5-6-9(14)13-10-8(2)7-17-11(10)12(15)16-3/h1,7H,5-6H2,2-3H3,(H,13,14). The van der Waals surface area contributed by atoms with Crippen LogP contribution in [0.15, 0.2) is 5.38 Å². The van der Waals surface area contributed by atoms with Crippen LogP contribution >= 0.6 is 11.3 Å². The Hall–Kier alpha value is -1.80. The van der Waals surface area contributed by atoms with Crippen LogP contribution in [0.25, 0.3) is 0 Å². The summed E-state index contributed by atoms with van der Waals surface area (Å²) in [5.74, 6) is 1.74. The lowest BCUT2D eigenvalue weighted by atomic mass is 10.2. The summed E-state index contributed by atoms with van der Waals surface area (Å²) in [4.78, 5) is 23.4. The van der Waals surface area contributed by atoms with Gasteiger partial charge in [0.1, 0.15) is 4.88 Å². The van der Waals surface area contributed by atoms with Gasteiger partial charge in [-0.2, -0.15) is 0 Å². The summed E-state index contributed by atoms with van der Waals surface area (Å²) in [6.45, 7) is 1.82. The first-order valence-electron chi connectivity index (χ1n) is 4.99. The van der Waals surface area contributed by atoms with Crippen LogP contribution in [-0.2, 0) is 9.53 Å². The van der Waals surface area contributed by atoms with Crippen molar-refractivity contribution < 1.29 is 14.3 Å². The van der Waals surface area contributed by atoms with Crippen LogP contribution in [0.1, 0.15) is 28.1 Å².